The van der Waals surface area contributed by atoms with Gasteiger partial charge in [0, 0.05) is 25.1 Å². The lowest BCUT2D eigenvalue weighted by Crippen LogP contribution is -2.25. The Labute approximate surface area is 87.1 Å². The van der Waals surface area contributed by atoms with E-state index in [1.807, 2.05) is 18.3 Å². The first-order chi connectivity index (χ1) is 7.27. The van der Waals surface area contributed by atoms with Gasteiger partial charge >= 0.3 is 0 Å². The normalized spacial score (nSPS) is 10.2. The molecule has 5 nitrogen and oxygen atoms in total. The summed E-state index contributed by atoms with van der Waals surface area (Å²) in [6, 6.07) is 5.50. The Morgan fingerprint density at radius 3 is 3.07 bits per heavy atom. The van der Waals surface area contributed by atoms with Gasteiger partial charge in [-0.15, -0.1) is 0 Å². The number of aromatic amines is 1. The molecular weight excluding hydrogens is 192 g/mol. The van der Waals surface area contributed by atoms with Gasteiger partial charge in [-0.25, -0.2) is 0 Å². The average molecular weight is 204 g/mol. The molecule has 0 spiro atoms. The molecule has 2 aromatic rings. The molecule has 2 N–H and O–H groups in total. The van der Waals surface area contributed by atoms with Crippen LogP contribution in [-0.4, -0.2) is 20.7 Å². The predicted octanol–water partition coefficient (Wildman–Crippen LogP) is 0.678. The summed E-state index contributed by atoms with van der Waals surface area (Å²) < 4.78 is 1.55. The molecule has 15 heavy (non-hydrogen) atoms. The van der Waals surface area contributed by atoms with Crippen LogP contribution in [0.15, 0.2) is 30.6 Å². The molecule has 2 rings (SSSR count). The zero-order valence-corrected chi connectivity index (χ0v) is 8.40. The fraction of sp³-hybridized carbons (Fsp3) is 0.200. The van der Waals surface area contributed by atoms with E-state index in [9.17, 15) is 4.79 Å². The van der Waals surface area contributed by atoms with Gasteiger partial charge < -0.3 is 10.3 Å². The van der Waals surface area contributed by atoms with Crippen molar-refractivity contribution < 1.29 is 4.79 Å². The van der Waals surface area contributed by atoms with Crippen LogP contribution in [0.5, 0.6) is 0 Å². The van der Waals surface area contributed by atoms with Crippen molar-refractivity contribution in [2.75, 3.05) is 0 Å². The van der Waals surface area contributed by atoms with Gasteiger partial charge in [0.2, 0.25) is 0 Å². The smallest absolute Gasteiger partial charge is 0.269 e. The number of carbonyl (C=O) groups excluding carboxylic acids is 1. The minimum Gasteiger partial charge on any atom is -0.364 e. The zero-order chi connectivity index (χ0) is 10.7. The minimum atomic E-state index is -0.121. The lowest BCUT2D eigenvalue weighted by atomic mass is 10.3. The second kappa shape index (κ2) is 4.00. The number of nitrogens with one attached hydrogen (secondary N) is 2. The van der Waals surface area contributed by atoms with Crippen LogP contribution in [-0.2, 0) is 13.6 Å². The van der Waals surface area contributed by atoms with Crippen molar-refractivity contribution in [1.82, 2.24) is 20.1 Å². The van der Waals surface area contributed by atoms with Crippen molar-refractivity contribution >= 4 is 5.91 Å². The summed E-state index contributed by atoms with van der Waals surface area (Å²) in [5, 5.41) is 6.73. The third-order valence-corrected chi connectivity index (χ3v) is 2.16. The lowest BCUT2D eigenvalue weighted by molar-refractivity contribution is 0.0941. The second-order valence-electron chi connectivity index (χ2n) is 3.22. The summed E-state index contributed by atoms with van der Waals surface area (Å²) in [6.45, 7) is 0.497. The Hall–Kier alpha value is -2.04. The van der Waals surface area contributed by atoms with E-state index in [0.717, 1.165) is 5.69 Å². The molecule has 5 heteroatoms. The van der Waals surface area contributed by atoms with Gasteiger partial charge in [-0.2, -0.15) is 5.10 Å². The number of amides is 1. The van der Waals surface area contributed by atoms with Crippen molar-refractivity contribution in [2.45, 2.75) is 6.54 Å². The van der Waals surface area contributed by atoms with Gasteiger partial charge in [0.05, 0.1) is 6.54 Å². The molecule has 0 bridgehead atoms. The number of carbonyl (C=O) groups is 1. The molecule has 1 amide bonds. The van der Waals surface area contributed by atoms with Crippen LogP contribution in [0.25, 0.3) is 0 Å². The molecule has 0 saturated carbocycles. The molecule has 0 aliphatic carbocycles. The van der Waals surface area contributed by atoms with Crippen LogP contribution in [0, 0.1) is 0 Å². The van der Waals surface area contributed by atoms with Crippen molar-refractivity contribution in [3.8, 4) is 0 Å². The van der Waals surface area contributed by atoms with E-state index >= 15 is 0 Å². The van der Waals surface area contributed by atoms with E-state index < -0.39 is 0 Å². The van der Waals surface area contributed by atoms with E-state index in [1.54, 1.807) is 24.0 Å². The van der Waals surface area contributed by atoms with Gasteiger partial charge in [-0.3, -0.25) is 9.48 Å². The molecule has 0 radical (unpaired) electrons. The van der Waals surface area contributed by atoms with Crippen LogP contribution in [0.3, 0.4) is 0 Å². The highest BCUT2D eigenvalue weighted by atomic mass is 16.2. The summed E-state index contributed by atoms with van der Waals surface area (Å²) in [5.74, 6) is -0.121. The SMILES string of the molecule is Cn1nccc1C(=O)NCc1ccc[nH]1. The Bertz CT molecular complexity index is 444. The van der Waals surface area contributed by atoms with Gasteiger partial charge in [-0.1, -0.05) is 0 Å². The van der Waals surface area contributed by atoms with Crippen LogP contribution in [0.4, 0.5) is 0 Å². The predicted molar refractivity (Wildman–Crippen MR) is 55.2 cm³/mol. The molecule has 0 unspecified atom stereocenters. The third-order valence-electron chi connectivity index (χ3n) is 2.16. The van der Waals surface area contributed by atoms with Gasteiger partial charge in [0.25, 0.3) is 5.91 Å². The Morgan fingerprint density at radius 1 is 1.60 bits per heavy atom. The molecule has 78 valence electrons. The summed E-state index contributed by atoms with van der Waals surface area (Å²) in [7, 11) is 1.74. The summed E-state index contributed by atoms with van der Waals surface area (Å²) in [6.07, 6.45) is 3.43. The molecule has 0 fully saturated rings. The maximum atomic E-state index is 11.6. The highest BCUT2D eigenvalue weighted by molar-refractivity contribution is 5.92. The Morgan fingerprint density at radius 2 is 2.47 bits per heavy atom. The van der Waals surface area contributed by atoms with Crippen molar-refractivity contribution in [1.29, 1.82) is 0 Å². The van der Waals surface area contributed by atoms with E-state index in [4.69, 9.17) is 0 Å². The number of hydrogen-bond acceptors (Lipinski definition) is 2. The first-order valence-corrected chi connectivity index (χ1v) is 4.66. The quantitative estimate of drug-likeness (QED) is 0.772. The molecule has 0 aliphatic heterocycles. The highest BCUT2D eigenvalue weighted by Gasteiger charge is 2.08. The van der Waals surface area contributed by atoms with Crippen LogP contribution >= 0.6 is 0 Å². The van der Waals surface area contributed by atoms with Crippen LogP contribution < -0.4 is 5.32 Å². The Balaban J connectivity index is 1.96. The van der Waals surface area contributed by atoms with Crippen LogP contribution in [0.2, 0.25) is 0 Å². The molecule has 0 aromatic carbocycles. The summed E-state index contributed by atoms with van der Waals surface area (Å²) >= 11 is 0. The number of H-pyrrole nitrogens is 1. The van der Waals surface area contributed by atoms with Gasteiger partial charge in [0.1, 0.15) is 5.69 Å². The maximum Gasteiger partial charge on any atom is 0.269 e. The topological polar surface area (TPSA) is 62.7 Å². The number of nitrogens with zero attached hydrogens (tertiary/aromatic N) is 2. The van der Waals surface area contributed by atoms with Crippen molar-refractivity contribution in [2.24, 2.45) is 7.05 Å². The van der Waals surface area contributed by atoms with Gasteiger partial charge in [0.15, 0.2) is 0 Å². The summed E-state index contributed by atoms with van der Waals surface area (Å²) in [4.78, 5) is 14.7. The largest absolute Gasteiger partial charge is 0.364 e. The molecule has 0 aliphatic rings. The first kappa shape index (κ1) is 9.51. The standard InChI is InChI=1S/C10H12N4O/c1-14-9(4-6-13-14)10(15)12-7-8-3-2-5-11-8/h2-6,11H,7H2,1H3,(H,12,15). The fourth-order valence-electron chi connectivity index (χ4n) is 1.34. The zero-order valence-electron chi connectivity index (χ0n) is 8.40. The molecule has 0 atom stereocenters. The number of aryl methyl sites for hydroxylation is 1. The van der Waals surface area contributed by atoms with Crippen LogP contribution in [0.1, 0.15) is 16.2 Å². The van der Waals surface area contributed by atoms with Crippen molar-refractivity contribution in [3.05, 3.63) is 42.0 Å². The molecule has 2 heterocycles. The lowest BCUT2D eigenvalue weighted by Gasteiger charge is -2.03. The van der Waals surface area contributed by atoms with E-state index in [2.05, 4.69) is 15.4 Å². The first-order valence-electron chi connectivity index (χ1n) is 4.66. The van der Waals surface area contributed by atoms with Gasteiger partial charge in [-0.05, 0) is 18.2 Å². The Kier molecular flexibility index (Phi) is 2.53. The number of hydrogen-bond donors (Lipinski definition) is 2. The van der Waals surface area contributed by atoms with E-state index in [0.29, 0.717) is 12.2 Å². The monoisotopic (exact) mass is 204 g/mol. The molecular formula is C10H12N4O. The third kappa shape index (κ3) is 2.07. The van der Waals surface area contributed by atoms with E-state index in [1.165, 1.54) is 0 Å². The molecule has 0 saturated heterocycles. The highest BCUT2D eigenvalue weighted by Crippen LogP contribution is 1.98. The number of rotatable bonds is 3. The maximum absolute atomic E-state index is 11.6. The number of aromatic nitrogens is 3. The minimum absolute atomic E-state index is 0.121. The fourth-order valence-corrected chi connectivity index (χ4v) is 1.34. The van der Waals surface area contributed by atoms with E-state index in [-0.39, 0.29) is 5.91 Å². The van der Waals surface area contributed by atoms with Crippen molar-refractivity contribution in [3.63, 3.8) is 0 Å². The molecule has 2 aromatic heterocycles. The average Bonchev–Trinajstić information content (AvgIpc) is 2.84. The second-order valence-corrected chi connectivity index (χ2v) is 3.22. The summed E-state index contributed by atoms with van der Waals surface area (Å²) in [5.41, 5.74) is 1.53.